The number of amides is 1. The van der Waals surface area contributed by atoms with Crippen molar-refractivity contribution in [1.29, 1.82) is 0 Å². The van der Waals surface area contributed by atoms with E-state index in [0.717, 1.165) is 30.1 Å². The van der Waals surface area contributed by atoms with Gasteiger partial charge in [-0.05, 0) is 37.1 Å². The summed E-state index contributed by atoms with van der Waals surface area (Å²) in [5, 5.41) is 14.9. The van der Waals surface area contributed by atoms with Crippen LogP contribution in [0.2, 0.25) is 0 Å². The Morgan fingerprint density at radius 2 is 1.85 bits per heavy atom. The second-order valence-electron chi connectivity index (χ2n) is 6.26. The largest absolute Gasteiger partial charge is 0.416 e. The van der Waals surface area contributed by atoms with Gasteiger partial charge < -0.3 is 10.6 Å². The van der Waals surface area contributed by atoms with Crippen molar-refractivity contribution in [1.82, 2.24) is 10.2 Å². The van der Waals surface area contributed by atoms with Gasteiger partial charge in [0.25, 0.3) is 0 Å². The van der Waals surface area contributed by atoms with Crippen LogP contribution in [0.15, 0.2) is 28.6 Å². The number of nitrogens with one attached hydrogen (secondary N) is 2. The number of hydrogen-bond acceptors (Lipinski definition) is 6. The summed E-state index contributed by atoms with van der Waals surface area (Å²) >= 11 is 2.66. The predicted molar refractivity (Wildman–Crippen MR) is 101 cm³/mol. The SMILES string of the molecule is O=C(CSc1nnc(NC2CCCCC2)s1)Nc1ccc(C(F)(F)F)cc1. The summed E-state index contributed by atoms with van der Waals surface area (Å²) in [6, 6.07) is 4.80. The van der Waals surface area contributed by atoms with Gasteiger partial charge in [0, 0.05) is 11.7 Å². The molecular formula is C17H19F3N4OS2. The molecule has 0 bridgehead atoms. The number of rotatable bonds is 6. The molecule has 27 heavy (non-hydrogen) atoms. The maximum absolute atomic E-state index is 12.5. The predicted octanol–water partition coefficient (Wildman–Crippen LogP) is 5.03. The van der Waals surface area contributed by atoms with E-state index in [1.807, 2.05) is 0 Å². The highest BCUT2D eigenvalue weighted by Gasteiger charge is 2.30. The van der Waals surface area contributed by atoms with Crippen LogP contribution in [0, 0.1) is 0 Å². The fourth-order valence-corrected chi connectivity index (χ4v) is 4.44. The Balaban J connectivity index is 1.45. The molecule has 0 unspecified atom stereocenters. The Bertz CT molecular complexity index is 758. The minimum absolute atomic E-state index is 0.110. The second-order valence-corrected chi connectivity index (χ2v) is 8.46. The van der Waals surface area contributed by atoms with Gasteiger partial charge in [-0.15, -0.1) is 10.2 Å². The highest BCUT2D eigenvalue weighted by molar-refractivity contribution is 8.01. The van der Waals surface area contributed by atoms with Gasteiger partial charge in [0.15, 0.2) is 4.34 Å². The molecule has 0 saturated heterocycles. The molecule has 0 atom stereocenters. The van der Waals surface area contributed by atoms with Gasteiger partial charge in [0.05, 0.1) is 11.3 Å². The molecule has 0 spiro atoms. The summed E-state index contributed by atoms with van der Waals surface area (Å²) in [6.45, 7) is 0. The van der Waals surface area contributed by atoms with Crippen LogP contribution in [0.5, 0.6) is 0 Å². The number of halogens is 3. The van der Waals surface area contributed by atoms with Gasteiger partial charge in [-0.25, -0.2) is 0 Å². The van der Waals surface area contributed by atoms with Gasteiger partial charge in [-0.2, -0.15) is 13.2 Å². The molecule has 146 valence electrons. The van der Waals surface area contributed by atoms with Crippen LogP contribution in [-0.2, 0) is 11.0 Å². The molecule has 1 aromatic carbocycles. The zero-order valence-corrected chi connectivity index (χ0v) is 16.0. The molecular weight excluding hydrogens is 397 g/mol. The summed E-state index contributed by atoms with van der Waals surface area (Å²) in [6.07, 6.45) is 1.61. The van der Waals surface area contributed by atoms with Crippen LogP contribution >= 0.6 is 23.1 Å². The lowest BCUT2D eigenvalue weighted by atomic mass is 9.96. The number of thioether (sulfide) groups is 1. The van der Waals surface area contributed by atoms with Crippen LogP contribution in [-0.4, -0.2) is 27.9 Å². The van der Waals surface area contributed by atoms with E-state index in [-0.39, 0.29) is 11.7 Å². The lowest BCUT2D eigenvalue weighted by molar-refractivity contribution is -0.137. The van der Waals surface area contributed by atoms with Crippen LogP contribution in [0.3, 0.4) is 0 Å². The molecule has 1 aliphatic carbocycles. The standard InChI is InChI=1S/C17H19F3N4OS2/c18-17(19,20)11-6-8-13(9-7-11)21-14(25)10-26-16-24-23-15(27-16)22-12-4-2-1-3-5-12/h6-9,12H,1-5,10H2,(H,21,25)(H,22,23). The molecule has 1 aliphatic rings. The molecule has 5 nitrogen and oxygen atoms in total. The van der Waals surface area contributed by atoms with E-state index in [1.165, 1.54) is 54.5 Å². The monoisotopic (exact) mass is 416 g/mol. The van der Waals surface area contributed by atoms with Crippen LogP contribution in [0.1, 0.15) is 37.7 Å². The summed E-state index contributed by atoms with van der Waals surface area (Å²) in [5.41, 5.74) is -0.424. The van der Waals surface area contributed by atoms with Crippen molar-refractivity contribution in [2.75, 3.05) is 16.4 Å². The first-order valence-corrected chi connectivity index (χ1v) is 10.4. The van der Waals surface area contributed by atoms with E-state index < -0.39 is 11.7 Å². The van der Waals surface area contributed by atoms with E-state index in [2.05, 4.69) is 20.8 Å². The van der Waals surface area contributed by atoms with E-state index >= 15 is 0 Å². The number of carbonyl (C=O) groups is 1. The van der Waals surface area contributed by atoms with Crippen molar-refractivity contribution in [3.05, 3.63) is 29.8 Å². The summed E-state index contributed by atoms with van der Waals surface area (Å²) < 4.78 is 38.3. The lowest BCUT2D eigenvalue weighted by Gasteiger charge is -2.21. The van der Waals surface area contributed by atoms with Crippen molar-refractivity contribution < 1.29 is 18.0 Å². The minimum atomic E-state index is -4.39. The molecule has 1 fully saturated rings. The fourth-order valence-electron chi connectivity index (χ4n) is 2.81. The van der Waals surface area contributed by atoms with Crippen molar-refractivity contribution in [2.24, 2.45) is 0 Å². The zero-order valence-electron chi connectivity index (χ0n) is 14.4. The third-order valence-corrected chi connectivity index (χ3v) is 6.15. The number of benzene rings is 1. The number of hydrogen-bond donors (Lipinski definition) is 2. The maximum Gasteiger partial charge on any atom is 0.416 e. The smallest absolute Gasteiger partial charge is 0.357 e. The minimum Gasteiger partial charge on any atom is -0.357 e. The molecule has 1 saturated carbocycles. The molecule has 2 aromatic rings. The van der Waals surface area contributed by atoms with Crippen LogP contribution < -0.4 is 10.6 Å². The number of nitrogens with zero attached hydrogens (tertiary/aromatic N) is 2. The number of carbonyl (C=O) groups excluding carboxylic acids is 1. The third-order valence-electron chi connectivity index (χ3n) is 4.16. The quantitative estimate of drug-likeness (QED) is 0.647. The molecule has 10 heteroatoms. The van der Waals surface area contributed by atoms with Crippen LogP contribution in [0.4, 0.5) is 24.0 Å². The Morgan fingerprint density at radius 3 is 2.52 bits per heavy atom. The fraction of sp³-hybridized carbons (Fsp3) is 0.471. The normalized spacial score (nSPS) is 15.5. The Morgan fingerprint density at radius 1 is 1.15 bits per heavy atom. The van der Waals surface area contributed by atoms with Gasteiger partial charge in [-0.3, -0.25) is 4.79 Å². The first kappa shape index (κ1) is 19.9. The first-order chi connectivity index (χ1) is 12.9. The van der Waals surface area contributed by atoms with Crippen molar-refractivity contribution in [2.45, 2.75) is 48.7 Å². The van der Waals surface area contributed by atoms with Gasteiger partial charge in [0.1, 0.15) is 0 Å². The molecule has 2 N–H and O–H groups in total. The molecule has 1 amide bonds. The lowest BCUT2D eigenvalue weighted by Crippen LogP contribution is -2.21. The van der Waals surface area contributed by atoms with Crippen LogP contribution in [0.25, 0.3) is 0 Å². The Labute approximate surface area is 163 Å². The van der Waals surface area contributed by atoms with Gasteiger partial charge in [-0.1, -0.05) is 42.4 Å². The Hall–Kier alpha value is -1.81. The molecule has 0 radical (unpaired) electrons. The first-order valence-electron chi connectivity index (χ1n) is 8.60. The maximum atomic E-state index is 12.5. The highest BCUT2D eigenvalue weighted by Crippen LogP contribution is 2.30. The Kier molecular flexibility index (Phi) is 6.59. The molecule has 1 heterocycles. The summed E-state index contributed by atoms with van der Waals surface area (Å²) in [5.74, 6) is -0.198. The third kappa shape index (κ3) is 6.10. The second kappa shape index (κ2) is 8.92. The van der Waals surface area contributed by atoms with E-state index in [0.29, 0.717) is 16.1 Å². The summed E-state index contributed by atoms with van der Waals surface area (Å²) in [7, 11) is 0. The van der Waals surface area contributed by atoms with Gasteiger partial charge in [0.2, 0.25) is 11.0 Å². The van der Waals surface area contributed by atoms with E-state index in [1.54, 1.807) is 0 Å². The average Bonchev–Trinajstić information content (AvgIpc) is 3.08. The summed E-state index contributed by atoms with van der Waals surface area (Å²) in [4.78, 5) is 12.0. The average molecular weight is 416 g/mol. The highest BCUT2D eigenvalue weighted by atomic mass is 32.2. The van der Waals surface area contributed by atoms with E-state index in [4.69, 9.17) is 0 Å². The molecule has 1 aromatic heterocycles. The van der Waals surface area contributed by atoms with E-state index in [9.17, 15) is 18.0 Å². The van der Waals surface area contributed by atoms with Crippen molar-refractivity contribution in [3.8, 4) is 0 Å². The number of anilines is 2. The topological polar surface area (TPSA) is 66.9 Å². The van der Waals surface area contributed by atoms with Gasteiger partial charge >= 0.3 is 6.18 Å². The number of aromatic nitrogens is 2. The molecule has 0 aliphatic heterocycles. The number of alkyl halides is 3. The molecule has 3 rings (SSSR count). The van der Waals surface area contributed by atoms with Crippen molar-refractivity contribution >= 4 is 39.8 Å². The zero-order chi connectivity index (χ0) is 19.3. The van der Waals surface area contributed by atoms with Crippen molar-refractivity contribution in [3.63, 3.8) is 0 Å².